The van der Waals surface area contributed by atoms with Gasteiger partial charge in [0.1, 0.15) is 47.5 Å². The number of aromatic amines is 3. The first kappa shape index (κ1) is 122. The van der Waals surface area contributed by atoms with Crippen molar-refractivity contribution < 1.29 is 150 Å². The molecule has 3 aromatic rings. The van der Waals surface area contributed by atoms with Crippen molar-refractivity contribution in [3.8, 4) is 0 Å². The SMILES string of the molecule is CCS(=O)(=O)/C=C/[C@H]1O[C@@H](n2ccc(=O)[nH]c2=O)[C@H](OC)[C@@H]1C.CN(C(=O)OC(C)(C)C)S(C)(=O)=O.CNS(C)(=O)=O.COP(=O)(CS(=O)(=O)N(C)C(=O)OC(C)(C)C)OC.COP(=O)(CS(=O)(=O)N(C)C(=O)OC(C)(C)C)OC.COP(=O)(Cl)OC.CO[C@@H]1[C@H](C)[C@@H](C=O)O[C@H]1n1ccc(=O)[nH]c1=O.CO[C@@H]1[C@H](C)[C@@H](CO)O[C@H]1n1ccc(=O)[nH]c1=O.[P-3]. The Morgan fingerprint density at radius 1 is 0.524 bits per heavy atom. The van der Waals surface area contributed by atoms with Gasteiger partial charge in [-0.05, 0) is 75.4 Å². The number of amides is 3. The maximum atomic E-state index is 11.9. The van der Waals surface area contributed by atoms with Gasteiger partial charge < -0.3 is 89.6 Å². The maximum absolute atomic E-state index is 11.9. The van der Waals surface area contributed by atoms with Gasteiger partial charge in [0, 0.05) is 156 Å². The number of sulfone groups is 1. The molecule has 6 heterocycles. The van der Waals surface area contributed by atoms with Crippen molar-refractivity contribution in [2.24, 2.45) is 17.8 Å². The van der Waals surface area contributed by atoms with Gasteiger partial charge in [-0.1, -0.05) is 27.7 Å². The fraction of sp³-hybridized carbons (Fsp3) is 0.723. The van der Waals surface area contributed by atoms with Crippen molar-refractivity contribution in [1.82, 2.24) is 46.3 Å². The molecule has 0 bridgehead atoms. The average Bonchev–Trinajstić information content (AvgIpc) is 1.64. The van der Waals surface area contributed by atoms with Crippen LogP contribution in [0.2, 0.25) is 0 Å². The summed E-state index contributed by atoms with van der Waals surface area (Å²) in [5.41, 5.74) is -7.45. The quantitative estimate of drug-likeness (QED) is 0.0452. The Morgan fingerprint density at radius 2 is 0.806 bits per heavy atom. The number of nitrogens with zero attached hydrogens (tertiary/aromatic N) is 6. The van der Waals surface area contributed by atoms with E-state index in [-0.39, 0.29) is 46.1 Å². The van der Waals surface area contributed by atoms with Crippen LogP contribution in [0.15, 0.2) is 77.0 Å². The summed E-state index contributed by atoms with van der Waals surface area (Å²) >= 11 is 5.02. The van der Waals surface area contributed by atoms with Gasteiger partial charge in [0.05, 0.1) is 37.1 Å². The minimum absolute atomic E-state index is 0. The third-order valence-corrected chi connectivity index (χ3v) is 30.5. The Morgan fingerprint density at radius 3 is 1.04 bits per heavy atom. The second-order valence-corrected chi connectivity index (χ2v) is 47.1. The molecule has 12 atom stereocenters. The number of hydrogen-bond acceptors (Lipinski definition) is 39. The molecule has 49 nitrogen and oxygen atoms in total. The smallest absolute Gasteiger partial charge is 0.423 e. The van der Waals surface area contributed by atoms with Crippen LogP contribution in [0.3, 0.4) is 0 Å². The maximum Gasteiger partial charge on any atom is 0.423 e. The van der Waals surface area contributed by atoms with Crippen molar-refractivity contribution in [3.05, 3.63) is 111 Å². The molecule has 3 aliphatic heterocycles. The first-order valence-electron chi connectivity index (χ1n) is 35.6. The number of H-pyrrole nitrogens is 3. The summed E-state index contributed by atoms with van der Waals surface area (Å²) in [5.74, 6) is -0.395. The summed E-state index contributed by atoms with van der Waals surface area (Å²) in [4.78, 5) is 120. The van der Waals surface area contributed by atoms with E-state index in [1.165, 1.54) is 99.2 Å². The molecule has 0 spiro atoms. The van der Waals surface area contributed by atoms with Gasteiger partial charge in [-0.15, -0.1) is 0 Å². The van der Waals surface area contributed by atoms with Crippen LogP contribution in [0.4, 0.5) is 14.4 Å². The number of sulfonamides is 4. The topological polar surface area (TPSA) is 635 Å². The molecule has 3 amide bonds. The Hall–Kier alpha value is -6.14. The minimum Gasteiger partial charge on any atom is -3.00 e. The van der Waals surface area contributed by atoms with Crippen molar-refractivity contribution in [3.63, 3.8) is 0 Å². The second kappa shape index (κ2) is 52.5. The standard InChI is InChI=1S/C14H20N2O6S.C11H16N2O5.C11H14N2O5.2C9H20NO7PS.C7H15NO4S.C2H6ClO3P.C2H7NO2S.P/c1-4-23(19,20)8-6-10-9(2)12(21-3)13(22-10)16-7-5-11(17)15-14(16)18;2*1-6-7(5-14)18-10(9(6)17-2)13-4-3-8(15)12-11(13)16;2*1-9(2,3)17-8(11)10(4)19(13,14)7-18(12,15-5)16-6;1-7(2,3)12-6(9)8(4)13(5,10)11;1-5-7(3,4)6-2;1-3-6(2,4)5;/h5-10,12-13H,4H2,1-3H3,(H,15,17,18);3-4,6-7,9-10,14H,5H2,1-2H3,(H,12,15,16);3-7,9-10H,1-2H3,(H,12,15,16);2*7H2,1-6H3;1-5H3;1-2H3;3H,1-2H3;/q;;;;;;;;-3/b8-6+;;;;;;;;/t9-,10-,12-,13-;2*6-,7-,9-,10-;;;;;;/m111....../s1. The molecule has 59 heteroatoms. The number of aldehydes is 1. The summed E-state index contributed by atoms with van der Waals surface area (Å²) in [7, 11) is -9.86. The first-order valence-corrected chi connectivity index (χ1v) is 50.2. The van der Waals surface area contributed by atoms with E-state index in [1.807, 2.05) is 20.8 Å². The molecule has 3 aromatic heterocycles. The van der Waals surface area contributed by atoms with Crippen molar-refractivity contribution >= 4 is 118 Å². The first-order chi connectivity index (χ1) is 55.9. The average molecular weight is 1980 g/mol. The molecule has 3 aliphatic rings. The van der Waals surface area contributed by atoms with E-state index in [0.717, 1.165) is 67.5 Å². The van der Waals surface area contributed by atoms with E-state index < -0.39 is 201 Å². The van der Waals surface area contributed by atoms with Gasteiger partial charge in [0.2, 0.25) is 20.0 Å². The van der Waals surface area contributed by atoms with Gasteiger partial charge in [-0.25, -0.2) is 93.1 Å². The number of methoxy groups -OCH3 is 3. The third kappa shape index (κ3) is 42.4. The van der Waals surface area contributed by atoms with Crippen LogP contribution >= 0.6 is 43.3 Å². The van der Waals surface area contributed by atoms with Crippen molar-refractivity contribution in [1.29, 1.82) is 0 Å². The van der Waals surface area contributed by atoms with Gasteiger partial charge in [0.15, 0.2) is 39.5 Å². The Balaban J connectivity index is -0.00000138. The van der Waals surface area contributed by atoms with Crippen molar-refractivity contribution in [2.45, 2.75) is 162 Å². The van der Waals surface area contributed by atoms with Crippen LogP contribution in [-0.2, 0) is 138 Å². The van der Waals surface area contributed by atoms with E-state index in [2.05, 4.69) is 46.8 Å². The molecule has 3 saturated heterocycles. The summed E-state index contributed by atoms with van der Waals surface area (Å²) in [6.45, 7) is 18.4. The number of carbonyl (C=O) groups is 4. The Bertz CT molecular complexity index is 4980. The summed E-state index contributed by atoms with van der Waals surface area (Å²) in [6.07, 6.45) is 0.335. The number of rotatable bonds is 25. The van der Waals surface area contributed by atoms with Crippen LogP contribution in [0.5, 0.6) is 0 Å². The third-order valence-electron chi connectivity index (χ3n) is 16.2. The zero-order valence-electron chi connectivity index (χ0n) is 73.8. The van der Waals surface area contributed by atoms with Gasteiger partial charge in [-0.2, -0.15) is 0 Å². The van der Waals surface area contributed by atoms with Crippen molar-refractivity contribution in [2.75, 3.05) is 128 Å². The molecular weight excluding hydrogens is 1860 g/mol. The lowest BCUT2D eigenvalue weighted by atomic mass is 10.0. The van der Waals surface area contributed by atoms with Gasteiger partial charge in [-0.3, -0.25) is 52.2 Å². The highest BCUT2D eigenvalue weighted by molar-refractivity contribution is 7.96. The van der Waals surface area contributed by atoms with E-state index in [9.17, 15) is 109 Å². The Labute approximate surface area is 728 Å². The molecule has 3 fully saturated rings. The van der Waals surface area contributed by atoms with Crippen LogP contribution in [0.1, 0.15) is 109 Å². The molecule has 722 valence electrons. The normalized spacial score (nSPS) is 21.0. The van der Waals surface area contributed by atoms with Crippen LogP contribution in [0, 0.1) is 17.8 Å². The predicted molar refractivity (Wildman–Crippen MR) is 453 cm³/mol. The molecule has 0 saturated carbocycles. The lowest BCUT2D eigenvalue weighted by Crippen LogP contribution is -2.39. The van der Waals surface area contributed by atoms with E-state index >= 15 is 0 Å². The molecule has 124 heavy (non-hydrogen) atoms. The summed E-state index contributed by atoms with van der Waals surface area (Å²) < 4.78 is 227. The molecule has 0 unspecified atom stereocenters. The lowest BCUT2D eigenvalue weighted by Gasteiger charge is -3.00. The highest BCUT2D eigenvalue weighted by Crippen LogP contribution is 2.52. The monoisotopic (exact) mass is 1980 g/mol. The zero-order chi connectivity index (χ0) is 96.7. The molecule has 6 rings (SSSR count). The fourth-order valence-corrected chi connectivity index (χ4v) is 17.4. The zero-order valence-corrected chi connectivity index (χ0v) is 82.2. The number of hydrogen-bond donors (Lipinski definition) is 5. The number of aliphatic hydroxyl groups excluding tert-OH is 1. The second-order valence-electron chi connectivity index (χ2n) is 28.7. The number of nitrogens with one attached hydrogen (secondary N) is 4. The van der Waals surface area contributed by atoms with Gasteiger partial charge >= 0.3 is 57.5 Å². The summed E-state index contributed by atoms with van der Waals surface area (Å²) in [6, 6.07) is 3.68. The van der Waals surface area contributed by atoms with Crippen LogP contribution in [-0.4, -0.2) is 295 Å². The van der Waals surface area contributed by atoms with Crippen LogP contribution in [0.25, 0.3) is 0 Å². The molecular formula is C65H118ClN10O39P4S5-3. The van der Waals surface area contributed by atoms with E-state index in [1.54, 1.807) is 69.2 Å². The van der Waals surface area contributed by atoms with Gasteiger partial charge in [0.25, 0.3) is 36.7 Å². The molecule has 0 aromatic carbocycles. The van der Waals surface area contributed by atoms with E-state index in [4.69, 9.17) is 53.9 Å². The number of ether oxygens (including phenoxy) is 9. The lowest BCUT2D eigenvalue weighted by molar-refractivity contribution is -0.121. The number of carbonyl (C=O) groups excluding carboxylic acids is 4. The predicted octanol–water partition coefficient (Wildman–Crippen LogP) is 4.11. The molecule has 0 radical (unpaired) electrons. The summed E-state index contributed by atoms with van der Waals surface area (Å²) in [5, 5.41) is 10.3. The minimum atomic E-state index is -4.17. The van der Waals surface area contributed by atoms with Crippen LogP contribution < -0.4 is 38.5 Å². The number of halogens is 1. The number of aliphatic hydroxyl groups is 1. The number of aromatic nitrogens is 6. The highest BCUT2D eigenvalue weighted by atomic mass is 35.7. The highest BCUT2D eigenvalue weighted by Gasteiger charge is 2.47. The fourth-order valence-electron chi connectivity index (χ4n) is 9.25. The Kier molecular flexibility index (Phi) is 51.7. The molecule has 0 aliphatic carbocycles. The largest absolute Gasteiger partial charge is 3.00 e. The molecule has 5 N–H and O–H groups in total. The van der Waals surface area contributed by atoms with E-state index in [0.29, 0.717) is 19.2 Å².